The van der Waals surface area contributed by atoms with Gasteiger partial charge in [0.2, 0.25) is 0 Å². The second-order valence-corrected chi connectivity index (χ2v) is 3.63. The van der Waals surface area contributed by atoms with Crippen molar-refractivity contribution in [3.8, 4) is 0 Å². The summed E-state index contributed by atoms with van der Waals surface area (Å²) < 4.78 is 43.6. The van der Waals surface area contributed by atoms with Crippen molar-refractivity contribution < 1.29 is 22.6 Å². The third-order valence-electron chi connectivity index (χ3n) is 0.644. The topological polar surface area (TPSA) is 63.3 Å². The molecule has 0 aromatic carbocycles. The molecule has 0 bridgehead atoms. The summed E-state index contributed by atoms with van der Waals surface area (Å²) in [6.07, 6.45) is -1.25. The molecule has 1 unspecified atom stereocenters. The highest BCUT2D eigenvalue weighted by atomic mass is 31.2. The first kappa shape index (κ1) is 8.94. The van der Waals surface area contributed by atoms with E-state index in [9.17, 15) is 17.7 Å². The Hall–Kier alpha value is -0.0600. The van der Waals surface area contributed by atoms with Gasteiger partial charge in [-0.05, 0) is 0 Å². The van der Waals surface area contributed by atoms with E-state index < -0.39 is 19.6 Å². The van der Waals surface area contributed by atoms with Gasteiger partial charge in [-0.3, -0.25) is 4.57 Å². The fourth-order valence-electron chi connectivity index (χ4n) is 0.104. The van der Waals surface area contributed by atoms with E-state index >= 15 is 0 Å². The third-order valence-corrected chi connectivity index (χ3v) is 1.93. The van der Waals surface area contributed by atoms with Crippen LogP contribution in [0.5, 0.6) is 0 Å². The van der Waals surface area contributed by atoms with Crippen LogP contribution in [-0.2, 0) is 4.57 Å². The number of alkyl halides is 3. The maximum absolute atomic E-state index is 11.2. The van der Waals surface area contributed by atoms with Crippen LogP contribution >= 0.6 is 7.37 Å². The molecule has 0 heterocycles. The Kier molecular flexibility index (Phi) is 2.27. The molecule has 0 rings (SSSR count). The maximum atomic E-state index is 11.2. The first-order valence-corrected chi connectivity index (χ1v) is 3.74. The van der Waals surface area contributed by atoms with Gasteiger partial charge in [0.05, 0.1) is 6.29 Å². The van der Waals surface area contributed by atoms with Gasteiger partial charge in [-0.25, -0.2) is 0 Å². The summed E-state index contributed by atoms with van der Waals surface area (Å²) in [5.74, 6) is -5.07. The fourth-order valence-corrected chi connectivity index (χ4v) is 0.311. The van der Waals surface area contributed by atoms with E-state index in [1.165, 1.54) is 0 Å². The highest BCUT2D eigenvalue weighted by molar-refractivity contribution is 7.58. The van der Waals surface area contributed by atoms with Gasteiger partial charge in [-0.2, -0.15) is 13.2 Å². The van der Waals surface area contributed by atoms with Crippen molar-refractivity contribution in [2.45, 2.75) is 5.92 Å². The zero-order chi connectivity index (χ0) is 7.71. The van der Waals surface area contributed by atoms with Crippen molar-refractivity contribution in [3.05, 3.63) is 0 Å². The minimum atomic E-state index is -5.08. The van der Waals surface area contributed by atoms with Crippen molar-refractivity contribution in [2.24, 2.45) is 5.73 Å². The van der Waals surface area contributed by atoms with Gasteiger partial charge in [-0.15, -0.1) is 0 Å². The molecule has 7 heteroatoms. The van der Waals surface area contributed by atoms with Crippen LogP contribution in [0.15, 0.2) is 0 Å². The van der Waals surface area contributed by atoms with Crippen molar-refractivity contribution in [2.75, 3.05) is 6.29 Å². The van der Waals surface area contributed by atoms with Crippen molar-refractivity contribution in [3.63, 3.8) is 0 Å². The summed E-state index contributed by atoms with van der Waals surface area (Å²) in [6.45, 7) is 0. The summed E-state index contributed by atoms with van der Waals surface area (Å²) >= 11 is 0. The quantitative estimate of drug-likeness (QED) is 0.559. The minimum absolute atomic E-state index is 1.25. The van der Waals surface area contributed by atoms with E-state index in [0.717, 1.165) is 0 Å². The molecule has 0 aliphatic rings. The number of halogens is 3. The molecule has 9 heavy (non-hydrogen) atoms. The molecule has 1 atom stereocenters. The number of hydrogen-bond acceptors (Lipinski definition) is 2. The highest BCUT2D eigenvalue weighted by Crippen LogP contribution is 2.55. The molecule has 0 aromatic heterocycles. The number of nitrogens with two attached hydrogens (primary N) is 1. The average molecular weight is 163 g/mol. The summed E-state index contributed by atoms with van der Waals surface area (Å²) in [4.78, 5) is 7.97. The largest absolute Gasteiger partial charge is 0.466 e. The van der Waals surface area contributed by atoms with Crippen LogP contribution in [0.4, 0.5) is 13.2 Å². The molecule has 0 fully saturated rings. The predicted octanol–water partition coefficient (Wildman–Crippen LogP) is 0.693. The smallest absolute Gasteiger partial charge is 0.337 e. The Morgan fingerprint density at radius 2 is 1.89 bits per heavy atom. The molecule has 56 valence electrons. The second kappa shape index (κ2) is 2.28. The van der Waals surface area contributed by atoms with E-state index in [1.807, 2.05) is 0 Å². The number of rotatable bonds is 1. The van der Waals surface area contributed by atoms with Crippen LogP contribution < -0.4 is 5.73 Å². The lowest BCUT2D eigenvalue weighted by molar-refractivity contribution is -0.0551. The molecule has 0 radical (unpaired) electrons. The monoisotopic (exact) mass is 163 g/mol. The Balaban J connectivity index is 4.35. The van der Waals surface area contributed by atoms with Crippen LogP contribution in [0.25, 0.3) is 0 Å². The van der Waals surface area contributed by atoms with Gasteiger partial charge in [0.15, 0.2) is 0 Å². The Morgan fingerprint density at radius 3 is 1.89 bits per heavy atom. The molecule has 0 amide bonds. The Morgan fingerprint density at radius 1 is 1.56 bits per heavy atom. The van der Waals surface area contributed by atoms with Crippen LogP contribution in [0.3, 0.4) is 0 Å². The second-order valence-electron chi connectivity index (χ2n) is 1.35. The summed E-state index contributed by atoms with van der Waals surface area (Å²) in [5.41, 5.74) is 4.36. The summed E-state index contributed by atoms with van der Waals surface area (Å²) in [5, 5.41) is 0. The van der Waals surface area contributed by atoms with E-state index in [4.69, 9.17) is 4.89 Å². The van der Waals surface area contributed by atoms with E-state index in [0.29, 0.717) is 0 Å². The standard InChI is InChI=1S/C2H5F3NO2P/c3-2(4,5)9(7,8)1-6/h1,6H2,(H,7,8). The van der Waals surface area contributed by atoms with Gasteiger partial charge in [-0.1, -0.05) is 0 Å². The first-order chi connectivity index (χ1) is 3.81. The van der Waals surface area contributed by atoms with Crippen LogP contribution in [0, 0.1) is 0 Å². The van der Waals surface area contributed by atoms with Gasteiger partial charge in [0.25, 0.3) is 0 Å². The van der Waals surface area contributed by atoms with Crippen LogP contribution in [0.1, 0.15) is 0 Å². The molecule has 0 spiro atoms. The SMILES string of the molecule is NCP(=O)(O)C(F)(F)F. The molecule has 3 nitrogen and oxygen atoms in total. The molecule has 0 aromatic rings. The summed E-state index contributed by atoms with van der Waals surface area (Å²) in [7, 11) is -5.08. The molecule has 3 N–H and O–H groups in total. The summed E-state index contributed by atoms with van der Waals surface area (Å²) in [6, 6.07) is 0. The maximum Gasteiger partial charge on any atom is 0.466 e. The van der Waals surface area contributed by atoms with Crippen molar-refractivity contribution in [1.29, 1.82) is 0 Å². The van der Waals surface area contributed by atoms with Crippen LogP contribution in [-0.4, -0.2) is 17.1 Å². The third kappa shape index (κ3) is 1.97. The molecule has 0 aliphatic carbocycles. The molecule has 0 saturated carbocycles. The highest BCUT2D eigenvalue weighted by Gasteiger charge is 2.48. The zero-order valence-corrected chi connectivity index (χ0v) is 5.12. The van der Waals surface area contributed by atoms with Gasteiger partial charge >= 0.3 is 13.3 Å². The molecular weight excluding hydrogens is 158 g/mol. The van der Waals surface area contributed by atoms with E-state index in [1.54, 1.807) is 0 Å². The van der Waals surface area contributed by atoms with Gasteiger partial charge in [0.1, 0.15) is 0 Å². The lowest BCUT2D eigenvalue weighted by Crippen LogP contribution is -2.15. The number of hydrogen-bond donors (Lipinski definition) is 2. The Labute approximate surface area is 49.1 Å². The molecule has 0 aliphatic heterocycles. The predicted molar refractivity (Wildman–Crippen MR) is 24.9 cm³/mol. The normalized spacial score (nSPS) is 19.2. The molecular formula is C2H5F3NO2P. The van der Waals surface area contributed by atoms with Gasteiger partial charge in [0, 0.05) is 0 Å². The molecule has 0 saturated heterocycles. The van der Waals surface area contributed by atoms with Crippen molar-refractivity contribution in [1.82, 2.24) is 0 Å². The average Bonchev–Trinajstić information content (AvgIpc) is 1.64. The van der Waals surface area contributed by atoms with Gasteiger partial charge < -0.3 is 10.6 Å². The lowest BCUT2D eigenvalue weighted by Gasteiger charge is -2.11. The van der Waals surface area contributed by atoms with E-state index in [-0.39, 0.29) is 0 Å². The first-order valence-electron chi connectivity index (χ1n) is 1.90. The lowest BCUT2D eigenvalue weighted by atomic mass is 11.5. The van der Waals surface area contributed by atoms with Crippen LogP contribution in [0.2, 0.25) is 0 Å². The minimum Gasteiger partial charge on any atom is -0.337 e. The Bertz CT molecular complexity index is 143. The van der Waals surface area contributed by atoms with Crippen molar-refractivity contribution >= 4 is 7.37 Å². The zero-order valence-electron chi connectivity index (χ0n) is 4.22. The van der Waals surface area contributed by atoms with E-state index in [2.05, 4.69) is 5.73 Å². The fraction of sp³-hybridized carbons (Fsp3) is 1.00.